The van der Waals surface area contributed by atoms with Crippen molar-refractivity contribution in [1.82, 2.24) is 24.8 Å². The van der Waals surface area contributed by atoms with Gasteiger partial charge in [-0.05, 0) is 18.6 Å². The molecule has 0 spiro atoms. The molecule has 0 bridgehead atoms. The Labute approximate surface area is 222 Å². The van der Waals surface area contributed by atoms with Gasteiger partial charge in [0.1, 0.15) is 34.2 Å². The smallest absolute Gasteiger partial charge is 0.276 e. The number of rotatable bonds is 7. The third-order valence-corrected chi connectivity index (χ3v) is 8.27. The number of aryl methyl sites for hydroxylation is 1. The van der Waals surface area contributed by atoms with E-state index in [9.17, 15) is 19.5 Å². The van der Waals surface area contributed by atoms with Crippen molar-refractivity contribution in [3.63, 3.8) is 0 Å². The van der Waals surface area contributed by atoms with Gasteiger partial charge in [-0.3, -0.25) is 14.5 Å². The minimum atomic E-state index is -1.47. The molecule has 13 nitrogen and oxygen atoms in total. The first kappa shape index (κ1) is 25.0. The van der Waals surface area contributed by atoms with E-state index >= 15 is 0 Å². The van der Waals surface area contributed by atoms with Crippen LogP contribution in [-0.4, -0.2) is 67.3 Å². The fourth-order valence-electron chi connectivity index (χ4n) is 4.21. The number of carbonyl (C=O) groups excluding carboxylic acids is 3. The van der Waals surface area contributed by atoms with Gasteiger partial charge in [0, 0.05) is 16.9 Å². The Morgan fingerprint density at radius 3 is 2.89 bits per heavy atom. The van der Waals surface area contributed by atoms with Gasteiger partial charge in [0.25, 0.3) is 23.8 Å². The van der Waals surface area contributed by atoms with Crippen LogP contribution in [0.15, 0.2) is 41.0 Å². The number of aliphatic carboxylic acids is 1. The number of amides is 2. The molecule has 2 aliphatic heterocycles. The first-order valence-corrected chi connectivity index (χ1v) is 13.0. The predicted molar refractivity (Wildman–Crippen MR) is 132 cm³/mol. The van der Waals surface area contributed by atoms with Crippen molar-refractivity contribution in [2.75, 3.05) is 18.6 Å². The molecule has 5 heterocycles. The van der Waals surface area contributed by atoms with Crippen molar-refractivity contribution >= 4 is 69.0 Å². The maximum atomic E-state index is 13.1. The average molecular weight is 563 g/mol. The second-order valence-electron chi connectivity index (χ2n) is 8.09. The Hall–Kier alpha value is -3.69. The molecule has 3 N–H and O–H groups in total. The lowest BCUT2D eigenvalue weighted by Gasteiger charge is -2.50. The van der Waals surface area contributed by atoms with Gasteiger partial charge in [0.2, 0.25) is 0 Å². The first-order chi connectivity index (χ1) is 17.7. The Kier molecular flexibility index (Phi) is 6.51. The fraction of sp³-hybridized carbons (Fsp3) is 0.286. The zero-order valence-electron chi connectivity index (χ0n) is 19.4. The summed E-state index contributed by atoms with van der Waals surface area (Å²) in [5.74, 6) is -2.54. The largest absolute Gasteiger partial charge is 0.543 e. The number of thiazole rings is 1. The molecule has 1 fully saturated rings. The molecule has 3 aromatic rings. The number of nitrogen functional groups attached to an aromatic ring is 1. The lowest BCUT2D eigenvalue weighted by molar-refractivity contribution is -0.664. The van der Waals surface area contributed by atoms with Crippen LogP contribution in [0.5, 0.6) is 0 Å². The molecule has 0 aromatic carbocycles. The standard InChI is InChI=1S/C21H19ClN8O5S2/c1-9-4-3-5-11-28(8-24-30(9)11)6-10-7-36-19-14(18(32)29(19)15(10)20(33)34)25-17(31)13(27-35-2)12-16(22)37-21(23)26-12/h3-5,8,14,19H,6-7H2,1-2H3,(H3-,23,25,26,31,33,34)/b27-13-/t14-,19+/m1/s1. The Bertz CT molecular complexity index is 1520. The van der Waals surface area contributed by atoms with Crippen molar-refractivity contribution in [1.29, 1.82) is 0 Å². The highest BCUT2D eigenvalue weighted by Crippen LogP contribution is 2.40. The van der Waals surface area contributed by atoms with Gasteiger partial charge in [0.05, 0.1) is 18.2 Å². The average Bonchev–Trinajstić information content (AvgIpc) is 3.43. The molecule has 2 aliphatic rings. The maximum absolute atomic E-state index is 13.1. The summed E-state index contributed by atoms with van der Waals surface area (Å²) >= 11 is 8.39. The van der Waals surface area contributed by atoms with E-state index in [1.54, 1.807) is 15.4 Å². The molecule has 0 radical (unpaired) electrons. The van der Waals surface area contributed by atoms with Gasteiger partial charge in [-0.2, -0.15) is 0 Å². The lowest BCUT2D eigenvalue weighted by Crippen LogP contribution is -2.71. The van der Waals surface area contributed by atoms with E-state index in [4.69, 9.17) is 22.2 Å². The van der Waals surface area contributed by atoms with Crippen molar-refractivity contribution < 1.29 is 28.9 Å². The second-order valence-corrected chi connectivity index (χ2v) is 10.8. The van der Waals surface area contributed by atoms with Crippen molar-refractivity contribution in [2.45, 2.75) is 24.9 Å². The highest BCUT2D eigenvalue weighted by Gasteiger charge is 2.53. The van der Waals surface area contributed by atoms with E-state index in [0.29, 0.717) is 11.3 Å². The minimum Gasteiger partial charge on any atom is -0.543 e. The molecular formula is C21H19ClN8O5S2. The summed E-state index contributed by atoms with van der Waals surface area (Å²) < 4.78 is 3.66. The number of β-lactam (4-membered cyclic amide) rings is 1. The number of aromatic nitrogens is 4. The highest BCUT2D eigenvalue weighted by atomic mass is 35.5. The minimum absolute atomic E-state index is 0.0155. The number of nitrogens with zero attached hydrogens (tertiary/aromatic N) is 6. The van der Waals surface area contributed by atoms with Crippen LogP contribution in [-0.2, 0) is 25.8 Å². The number of nitrogens with two attached hydrogens (primary N) is 1. The number of carboxylic acid groups (broad SMARTS) is 1. The monoisotopic (exact) mass is 562 g/mol. The van der Waals surface area contributed by atoms with E-state index in [1.165, 1.54) is 18.9 Å². The molecule has 1 saturated heterocycles. The quantitative estimate of drug-likeness (QED) is 0.160. The van der Waals surface area contributed by atoms with Crippen LogP contribution in [0.25, 0.3) is 5.65 Å². The number of fused-ring (bicyclic) bond motifs is 2. The molecule has 3 aromatic heterocycles. The summed E-state index contributed by atoms with van der Waals surface area (Å²) in [6, 6.07) is 4.64. The third kappa shape index (κ3) is 4.28. The summed E-state index contributed by atoms with van der Waals surface area (Å²) in [7, 11) is 1.24. The van der Waals surface area contributed by atoms with E-state index in [2.05, 4.69) is 20.6 Å². The van der Waals surface area contributed by atoms with Gasteiger partial charge in [0.15, 0.2) is 10.8 Å². The normalized spacial score (nSPS) is 19.6. The molecular weight excluding hydrogens is 544 g/mol. The SMILES string of the molecule is CO/N=C(\C(=O)N[C@@H]1C(=O)N2C(C(=O)[O-])=C(C[n+]3cnn4c(C)cccc43)CS[C@@H]12)c1nc(N)sc1Cl. The molecule has 16 heteroatoms. The first-order valence-electron chi connectivity index (χ1n) is 10.8. The fourth-order valence-corrected chi connectivity index (χ4v) is 6.48. The number of halogens is 1. The van der Waals surface area contributed by atoms with Crippen LogP contribution in [0.1, 0.15) is 11.4 Å². The zero-order chi connectivity index (χ0) is 26.4. The van der Waals surface area contributed by atoms with Crippen LogP contribution in [0, 0.1) is 6.92 Å². The van der Waals surface area contributed by atoms with Gasteiger partial charge in [-0.15, -0.1) is 11.8 Å². The van der Waals surface area contributed by atoms with Gasteiger partial charge in [-0.25, -0.2) is 9.55 Å². The number of hydrogen-bond acceptors (Lipinski definition) is 11. The topological polar surface area (TPSA) is 171 Å². The van der Waals surface area contributed by atoms with E-state index in [0.717, 1.165) is 27.6 Å². The number of carbonyl (C=O) groups is 3. The number of pyridine rings is 1. The zero-order valence-corrected chi connectivity index (χ0v) is 21.8. The number of oxime groups is 1. The summed E-state index contributed by atoms with van der Waals surface area (Å²) in [5, 5.41) is 22.2. The summed E-state index contributed by atoms with van der Waals surface area (Å²) in [6.45, 7) is 2.11. The van der Waals surface area contributed by atoms with Gasteiger partial charge < -0.3 is 25.8 Å². The third-order valence-electron chi connectivity index (χ3n) is 5.85. The number of nitrogens with one attached hydrogen (secondary N) is 1. The highest BCUT2D eigenvalue weighted by molar-refractivity contribution is 8.00. The molecule has 5 rings (SSSR count). The Morgan fingerprint density at radius 1 is 1.43 bits per heavy atom. The lowest BCUT2D eigenvalue weighted by atomic mass is 10.0. The molecule has 37 heavy (non-hydrogen) atoms. The Morgan fingerprint density at radius 2 is 2.22 bits per heavy atom. The molecule has 0 aliphatic carbocycles. The maximum Gasteiger partial charge on any atom is 0.276 e. The number of anilines is 1. The van der Waals surface area contributed by atoms with Crippen molar-refractivity contribution in [3.8, 4) is 0 Å². The van der Waals surface area contributed by atoms with Crippen LogP contribution in [0.4, 0.5) is 5.13 Å². The molecule has 0 unspecified atom stereocenters. The summed E-state index contributed by atoms with van der Waals surface area (Å²) in [4.78, 5) is 48.1. The van der Waals surface area contributed by atoms with Crippen LogP contribution < -0.4 is 20.7 Å². The van der Waals surface area contributed by atoms with E-state index in [-0.39, 0.29) is 33.1 Å². The van der Waals surface area contributed by atoms with E-state index < -0.39 is 29.2 Å². The van der Waals surface area contributed by atoms with Crippen molar-refractivity contribution in [3.05, 3.63) is 51.5 Å². The predicted octanol–water partition coefficient (Wildman–Crippen LogP) is -0.923. The van der Waals surface area contributed by atoms with Gasteiger partial charge >= 0.3 is 0 Å². The number of thioether (sulfide) groups is 1. The second kappa shape index (κ2) is 9.64. The summed E-state index contributed by atoms with van der Waals surface area (Å²) in [6.07, 6.45) is 1.60. The van der Waals surface area contributed by atoms with E-state index in [1.807, 2.05) is 25.1 Å². The molecule has 2 atom stereocenters. The number of hydrogen-bond donors (Lipinski definition) is 2. The van der Waals surface area contributed by atoms with Crippen LogP contribution >= 0.6 is 34.7 Å². The van der Waals surface area contributed by atoms with Gasteiger partial charge in [-0.1, -0.05) is 38.7 Å². The molecule has 192 valence electrons. The number of carboxylic acids is 1. The summed E-state index contributed by atoms with van der Waals surface area (Å²) in [5.41, 5.74) is 7.38. The van der Waals surface area contributed by atoms with Crippen LogP contribution in [0.3, 0.4) is 0 Å². The molecule has 0 saturated carbocycles. The Balaban J connectivity index is 1.38. The van der Waals surface area contributed by atoms with Crippen LogP contribution in [0.2, 0.25) is 4.34 Å². The molecule has 2 amide bonds. The van der Waals surface area contributed by atoms with Crippen molar-refractivity contribution in [2.24, 2.45) is 5.16 Å².